The van der Waals surface area contributed by atoms with Crippen LogP contribution in [0.4, 0.5) is 0 Å². The normalized spacial score (nSPS) is 21.9. The van der Waals surface area contributed by atoms with Crippen molar-refractivity contribution in [1.29, 1.82) is 0 Å². The molecule has 0 atom stereocenters. The van der Waals surface area contributed by atoms with Crippen molar-refractivity contribution in [2.24, 2.45) is 0 Å². The van der Waals surface area contributed by atoms with Gasteiger partial charge in [0.15, 0.2) is 0 Å². The van der Waals surface area contributed by atoms with Crippen molar-refractivity contribution in [3.8, 4) is 0 Å². The Hall–Kier alpha value is -0.380. The van der Waals surface area contributed by atoms with E-state index in [9.17, 15) is 0 Å². The predicted octanol–water partition coefficient (Wildman–Crippen LogP) is 2.58. The van der Waals surface area contributed by atoms with Crippen LogP contribution >= 0.6 is 0 Å². The van der Waals surface area contributed by atoms with Crippen LogP contribution in [0, 0.1) is 0 Å². The Morgan fingerprint density at radius 1 is 1.05 bits per heavy atom. The Kier molecular flexibility index (Phi) is 7.52. The van der Waals surface area contributed by atoms with Crippen LogP contribution in [0.5, 0.6) is 0 Å². The Balaban J connectivity index is 1.36. The van der Waals surface area contributed by atoms with Crippen LogP contribution in [0.25, 0.3) is 0 Å². The summed E-state index contributed by atoms with van der Waals surface area (Å²) in [6.07, 6.45) is 14.0. The maximum atomic E-state index is 5.92. The van der Waals surface area contributed by atoms with Crippen molar-refractivity contribution >= 4 is 0 Å². The van der Waals surface area contributed by atoms with Crippen molar-refractivity contribution in [2.45, 2.75) is 51.0 Å². The molecule has 0 aromatic carbocycles. The molecular formula is C16H30N2O. The molecule has 1 fully saturated rings. The van der Waals surface area contributed by atoms with Gasteiger partial charge >= 0.3 is 0 Å². The lowest BCUT2D eigenvalue weighted by Gasteiger charge is -2.23. The van der Waals surface area contributed by atoms with Crippen molar-refractivity contribution in [3.05, 3.63) is 12.2 Å². The van der Waals surface area contributed by atoms with Gasteiger partial charge in [-0.1, -0.05) is 25.0 Å². The molecule has 2 rings (SSSR count). The molecule has 0 spiro atoms. The van der Waals surface area contributed by atoms with Gasteiger partial charge in [0.25, 0.3) is 0 Å². The summed E-state index contributed by atoms with van der Waals surface area (Å²) in [7, 11) is 0. The van der Waals surface area contributed by atoms with Crippen LogP contribution in [-0.2, 0) is 4.74 Å². The number of ether oxygens (including phenoxy) is 1. The third-order valence-electron chi connectivity index (χ3n) is 4.15. The maximum absolute atomic E-state index is 5.92. The molecule has 0 bridgehead atoms. The molecule has 19 heavy (non-hydrogen) atoms. The highest BCUT2D eigenvalue weighted by Crippen LogP contribution is 2.10. The second-order valence-corrected chi connectivity index (χ2v) is 5.80. The van der Waals surface area contributed by atoms with E-state index in [1.165, 1.54) is 64.6 Å². The molecule has 1 N–H and O–H groups in total. The molecule has 1 saturated heterocycles. The molecule has 3 heteroatoms. The van der Waals surface area contributed by atoms with E-state index in [0.29, 0.717) is 6.10 Å². The zero-order chi connectivity index (χ0) is 13.2. The Morgan fingerprint density at radius 2 is 1.89 bits per heavy atom. The minimum Gasteiger partial charge on any atom is -0.378 e. The Morgan fingerprint density at radius 3 is 2.68 bits per heavy atom. The number of unbranched alkanes of at least 4 members (excludes halogenated alkanes) is 3. The monoisotopic (exact) mass is 266 g/mol. The molecule has 0 saturated carbocycles. The summed E-state index contributed by atoms with van der Waals surface area (Å²) in [6, 6.07) is 0. The minimum atomic E-state index is 0.529. The fraction of sp³-hybridized carbons (Fsp3) is 0.875. The first-order valence-corrected chi connectivity index (χ1v) is 8.15. The summed E-state index contributed by atoms with van der Waals surface area (Å²) in [4.78, 5) is 2.56. The topological polar surface area (TPSA) is 24.5 Å². The van der Waals surface area contributed by atoms with Gasteiger partial charge in [-0.3, -0.25) is 4.90 Å². The summed E-state index contributed by atoms with van der Waals surface area (Å²) in [5.41, 5.74) is 0. The Bertz CT molecular complexity index is 249. The number of hydrogen-bond donors (Lipinski definition) is 1. The van der Waals surface area contributed by atoms with Crippen molar-refractivity contribution < 1.29 is 4.74 Å². The second kappa shape index (κ2) is 9.51. The summed E-state index contributed by atoms with van der Waals surface area (Å²) in [5, 5.41) is 3.37. The molecule has 110 valence electrons. The SMILES string of the molecule is C1=CCN(CCCCCCOC2CCNCC2)CC1. The van der Waals surface area contributed by atoms with Gasteiger partial charge < -0.3 is 10.1 Å². The van der Waals surface area contributed by atoms with Gasteiger partial charge in [-0.2, -0.15) is 0 Å². The summed E-state index contributed by atoms with van der Waals surface area (Å²) in [5.74, 6) is 0. The molecule has 0 aromatic heterocycles. The van der Waals surface area contributed by atoms with E-state index in [0.717, 1.165) is 19.7 Å². The number of piperidine rings is 1. The summed E-state index contributed by atoms with van der Waals surface area (Å²) < 4.78 is 5.92. The molecule has 2 heterocycles. The zero-order valence-electron chi connectivity index (χ0n) is 12.3. The molecule has 0 radical (unpaired) electrons. The lowest BCUT2D eigenvalue weighted by molar-refractivity contribution is 0.0307. The van der Waals surface area contributed by atoms with Gasteiger partial charge in [0.2, 0.25) is 0 Å². The molecule has 0 aromatic rings. The van der Waals surface area contributed by atoms with E-state index < -0.39 is 0 Å². The zero-order valence-corrected chi connectivity index (χ0v) is 12.3. The quantitative estimate of drug-likeness (QED) is 0.540. The van der Waals surface area contributed by atoms with Crippen molar-refractivity contribution in [1.82, 2.24) is 10.2 Å². The van der Waals surface area contributed by atoms with E-state index in [1.54, 1.807) is 0 Å². The van der Waals surface area contributed by atoms with Crippen molar-refractivity contribution in [2.75, 3.05) is 39.3 Å². The number of nitrogens with zero attached hydrogens (tertiary/aromatic N) is 1. The molecule has 0 unspecified atom stereocenters. The third-order valence-corrected chi connectivity index (χ3v) is 4.15. The minimum absolute atomic E-state index is 0.529. The highest BCUT2D eigenvalue weighted by molar-refractivity contribution is 4.90. The smallest absolute Gasteiger partial charge is 0.0599 e. The van der Waals surface area contributed by atoms with Gasteiger partial charge in [-0.25, -0.2) is 0 Å². The van der Waals surface area contributed by atoms with Crippen molar-refractivity contribution in [3.63, 3.8) is 0 Å². The average Bonchev–Trinajstić information content (AvgIpc) is 2.48. The third kappa shape index (κ3) is 6.55. The van der Waals surface area contributed by atoms with E-state index in [4.69, 9.17) is 4.74 Å². The second-order valence-electron chi connectivity index (χ2n) is 5.80. The number of hydrogen-bond acceptors (Lipinski definition) is 3. The fourth-order valence-electron chi connectivity index (χ4n) is 2.90. The highest BCUT2D eigenvalue weighted by Gasteiger charge is 2.12. The van der Waals surface area contributed by atoms with Crippen LogP contribution in [-0.4, -0.2) is 50.3 Å². The predicted molar refractivity (Wildman–Crippen MR) is 80.5 cm³/mol. The number of nitrogens with one attached hydrogen (secondary N) is 1. The summed E-state index contributed by atoms with van der Waals surface area (Å²) in [6.45, 7) is 6.94. The van der Waals surface area contributed by atoms with Crippen LogP contribution in [0.3, 0.4) is 0 Å². The van der Waals surface area contributed by atoms with Crippen LogP contribution in [0.2, 0.25) is 0 Å². The van der Waals surface area contributed by atoms with E-state index in [-0.39, 0.29) is 0 Å². The Labute approximate surface area is 118 Å². The molecule has 2 aliphatic heterocycles. The molecule has 2 aliphatic rings. The maximum Gasteiger partial charge on any atom is 0.0599 e. The lowest BCUT2D eigenvalue weighted by atomic mass is 10.1. The van der Waals surface area contributed by atoms with Gasteiger partial charge in [0, 0.05) is 19.7 Å². The van der Waals surface area contributed by atoms with Crippen LogP contribution in [0.15, 0.2) is 12.2 Å². The molecule has 0 amide bonds. The number of rotatable bonds is 8. The first-order chi connectivity index (χ1) is 9.45. The van der Waals surface area contributed by atoms with Gasteiger partial charge in [0.1, 0.15) is 0 Å². The fourth-order valence-corrected chi connectivity index (χ4v) is 2.90. The van der Waals surface area contributed by atoms with Gasteiger partial charge in [-0.05, 0) is 51.7 Å². The largest absolute Gasteiger partial charge is 0.378 e. The first kappa shape index (κ1) is 15.0. The van der Waals surface area contributed by atoms with Gasteiger partial charge in [-0.15, -0.1) is 0 Å². The molecule has 3 nitrogen and oxygen atoms in total. The van der Waals surface area contributed by atoms with Crippen LogP contribution in [0.1, 0.15) is 44.9 Å². The molecule has 0 aliphatic carbocycles. The summed E-state index contributed by atoms with van der Waals surface area (Å²) >= 11 is 0. The molecular weight excluding hydrogens is 236 g/mol. The standard InChI is InChI=1S/C16H30N2O/c1(4-12-18-13-5-3-6-14-18)2-7-15-19-16-8-10-17-11-9-16/h3,5,16-17H,1-2,4,6-15H2. The van der Waals surface area contributed by atoms with E-state index in [2.05, 4.69) is 22.4 Å². The van der Waals surface area contributed by atoms with Gasteiger partial charge in [0.05, 0.1) is 6.10 Å². The van der Waals surface area contributed by atoms with E-state index in [1.807, 2.05) is 0 Å². The average molecular weight is 266 g/mol. The van der Waals surface area contributed by atoms with E-state index >= 15 is 0 Å². The van der Waals surface area contributed by atoms with Crippen LogP contribution < -0.4 is 5.32 Å². The lowest BCUT2D eigenvalue weighted by Crippen LogP contribution is -2.32. The highest BCUT2D eigenvalue weighted by atomic mass is 16.5. The first-order valence-electron chi connectivity index (χ1n) is 8.15.